The summed E-state index contributed by atoms with van der Waals surface area (Å²) in [6, 6.07) is 2.73. The summed E-state index contributed by atoms with van der Waals surface area (Å²) in [6.45, 7) is 0.231. The first-order chi connectivity index (χ1) is 9.42. The summed E-state index contributed by atoms with van der Waals surface area (Å²) in [4.78, 5) is 3.99. The van der Waals surface area contributed by atoms with E-state index in [1.54, 1.807) is 6.20 Å². The van der Waals surface area contributed by atoms with Crippen molar-refractivity contribution in [3.8, 4) is 0 Å². The normalized spacial score (nSPS) is 11.7. The minimum absolute atomic E-state index is 0.0520. The number of nitrogens with one attached hydrogen (secondary N) is 1. The summed E-state index contributed by atoms with van der Waals surface area (Å²) in [5.41, 5.74) is 5.67. The largest absolute Gasteiger partial charge is 0.396 e. The molecule has 0 aliphatic carbocycles. The second-order valence-corrected chi connectivity index (χ2v) is 7.35. The molecule has 1 heterocycles. The van der Waals surface area contributed by atoms with Crippen molar-refractivity contribution < 1.29 is 8.42 Å². The van der Waals surface area contributed by atoms with Gasteiger partial charge in [-0.1, -0.05) is 23.2 Å². The Hall–Kier alpha value is -0.860. The van der Waals surface area contributed by atoms with Crippen LogP contribution in [0.5, 0.6) is 0 Å². The van der Waals surface area contributed by atoms with Crippen LogP contribution < -0.4 is 10.5 Å². The molecule has 3 N–H and O–H groups in total. The highest BCUT2D eigenvalue weighted by atomic mass is 35.5. The number of anilines is 1. The lowest BCUT2D eigenvalue weighted by Crippen LogP contribution is -2.26. The summed E-state index contributed by atoms with van der Waals surface area (Å²) in [5.74, 6) is 0. The summed E-state index contributed by atoms with van der Waals surface area (Å²) in [5, 5.41) is 2.84. The Balaban J connectivity index is 2.12. The molecule has 0 saturated heterocycles. The SMILES string of the molecule is Nc1c(Cl)ccc(S(=O)(=O)NCCc2nccs2)c1Cl. The van der Waals surface area contributed by atoms with Crippen LogP contribution >= 0.6 is 34.5 Å². The third-order valence-electron chi connectivity index (χ3n) is 2.50. The Morgan fingerprint density at radius 3 is 2.75 bits per heavy atom. The fourth-order valence-electron chi connectivity index (χ4n) is 1.50. The highest BCUT2D eigenvalue weighted by molar-refractivity contribution is 7.89. The van der Waals surface area contributed by atoms with Gasteiger partial charge in [-0.25, -0.2) is 18.1 Å². The van der Waals surface area contributed by atoms with Gasteiger partial charge in [-0.15, -0.1) is 11.3 Å². The van der Waals surface area contributed by atoms with Gasteiger partial charge in [0, 0.05) is 24.5 Å². The summed E-state index contributed by atoms with van der Waals surface area (Å²) in [6.07, 6.45) is 2.18. The van der Waals surface area contributed by atoms with Crippen molar-refractivity contribution in [1.82, 2.24) is 9.71 Å². The molecule has 0 saturated carbocycles. The maximum Gasteiger partial charge on any atom is 0.242 e. The second kappa shape index (κ2) is 6.28. The van der Waals surface area contributed by atoms with Gasteiger partial charge < -0.3 is 5.73 Å². The Morgan fingerprint density at radius 2 is 2.10 bits per heavy atom. The molecule has 1 aromatic carbocycles. The zero-order chi connectivity index (χ0) is 14.8. The van der Waals surface area contributed by atoms with Gasteiger partial charge in [0.15, 0.2) is 0 Å². The minimum atomic E-state index is -3.73. The third-order valence-corrected chi connectivity index (χ3v) is 5.69. The van der Waals surface area contributed by atoms with Crippen molar-refractivity contribution in [2.75, 3.05) is 12.3 Å². The summed E-state index contributed by atoms with van der Waals surface area (Å²) >= 11 is 13.2. The minimum Gasteiger partial charge on any atom is -0.396 e. The number of nitrogens with zero attached hydrogens (tertiary/aromatic N) is 1. The zero-order valence-electron chi connectivity index (χ0n) is 10.1. The van der Waals surface area contributed by atoms with E-state index in [1.807, 2.05) is 5.38 Å². The van der Waals surface area contributed by atoms with Crippen LogP contribution in [0.2, 0.25) is 10.0 Å². The van der Waals surface area contributed by atoms with Gasteiger partial charge in [-0.05, 0) is 12.1 Å². The van der Waals surface area contributed by atoms with Gasteiger partial charge in [-0.3, -0.25) is 0 Å². The zero-order valence-corrected chi connectivity index (χ0v) is 13.3. The lowest BCUT2D eigenvalue weighted by atomic mass is 10.3. The Bertz CT molecular complexity index is 703. The number of aromatic nitrogens is 1. The van der Waals surface area contributed by atoms with Crippen LogP contribution in [0.25, 0.3) is 0 Å². The van der Waals surface area contributed by atoms with E-state index in [4.69, 9.17) is 28.9 Å². The average Bonchev–Trinajstić information content (AvgIpc) is 2.88. The number of nitrogens with two attached hydrogens (primary N) is 1. The number of hydrogen-bond donors (Lipinski definition) is 2. The van der Waals surface area contributed by atoms with Crippen molar-refractivity contribution in [3.05, 3.63) is 38.8 Å². The van der Waals surface area contributed by atoms with Gasteiger partial charge in [0.05, 0.1) is 20.7 Å². The van der Waals surface area contributed by atoms with E-state index in [0.717, 1.165) is 5.01 Å². The molecule has 0 aliphatic rings. The van der Waals surface area contributed by atoms with Crippen LogP contribution in [0.1, 0.15) is 5.01 Å². The average molecular weight is 352 g/mol. The number of thiazole rings is 1. The molecule has 0 atom stereocenters. The molecule has 0 fully saturated rings. The van der Waals surface area contributed by atoms with Crippen LogP contribution in [0.15, 0.2) is 28.6 Å². The Labute approximate surface area is 130 Å². The van der Waals surface area contributed by atoms with Gasteiger partial charge in [0.25, 0.3) is 0 Å². The molecule has 20 heavy (non-hydrogen) atoms. The molecular formula is C11H11Cl2N3O2S2. The van der Waals surface area contributed by atoms with E-state index in [-0.39, 0.29) is 27.2 Å². The standard InChI is InChI=1S/C11H11Cl2N3O2S2/c12-7-1-2-8(10(13)11(7)14)20(17,18)16-4-3-9-15-5-6-19-9/h1-2,5-6,16H,3-4,14H2. The highest BCUT2D eigenvalue weighted by Gasteiger charge is 2.20. The molecule has 0 aliphatic heterocycles. The fraction of sp³-hybridized carbons (Fsp3) is 0.182. The lowest BCUT2D eigenvalue weighted by Gasteiger charge is -2.10. The molecule has 108 valence electrons. The number of rotatable bonds is 5. The number of nitrogen functional groups attached to an aromatic ring is 1. The second-order valence-electron chi connectivity index (χ2n) is 3.85. The maximum absolute atomic E-state index is 12.1. The van der Waals surface area contributed by atoms with Gasteiger partial charge in [0.2, 0.25) is 10.0 Å². The van der Waals surface area contributed by atoms with Crippen molar-refractivity contribution in [1.29, 1.82) is 0 Å². The predicted molar refractivity (Wildman–Crippen MR) is 81.9 cm³/mol. The van der Waals surface area contributed by atoms with Gasteiger partial charge in [-0.2, -0.15) is 0 Å². The Morgan fingerprint density at radius 1 is 1.35 bits per heavy atom. The van der Waals surface area contributed by atoms with E-state index in [2.05, 4.69) is 9.71 Å². The first kappa shape index (κ1) is 15.5. The number of hydrogen-bond acceptors (Lipinski definition) is 5. The van der Waals surface area contributed by atoms with E-state index < -0.39 is 10.0 Å². The molecule has 5 nitrogen and oxygen atoms in total. The van der Waals surface area contributed by atoms with Crippen LogP contribution in [-0.4, -0.2) is 19.9 Å². The van der Waals surface area contributed by atoms with E-state index in [1.165, 1.54) is 23.5 Å². The maximum atomic E-state index is 12.1. The number of benzene rings is 1. The Kier molecular flexibility index (Phi) is 4.87. The van der Waals surface area contributed by atoms with Crippen molar-refractivity contribution in [3.63, 3.8) is 0 Å². The fourth-order valence-corrected chi connectivity index (χ4v) is 3.92. The number of sulfonamides is 1. The molecule has 9 heteroatoms. The molecule has 0 spiro atoms. The van der Waals surface area contributed by atoms with Crippen LogP contribution in [-0.2, 0) is 16.4 Å². The summed E-state index contributed by atoms with van der Waals surface area (Å²) in [7, 11) is -3.73. The molecule has 2 aromatic rings. The van der Waals surface area contributed by atoms with Crippen LogP contribution in [0, 0.1) is 0 Å². The molecular weight excluding hydrogens is 341 g/mol. The third kappa shape index (κ3) is 3.42. The first-order valence-corrected chi connectivity index (χ1v) is 8.65. The number of halogens is 2. The highest BCUT2D eigenvalue weighted by Crippen LogP contribution is 2.32. The molecule has 1 aromatic heterocycles. The van der Waals surface area contributed by atoms with Gasteiger partial charge in [0.1, 0.15) is 4.90 Å². The van der Waals surface area contributed by atoms with E-state index >= 15 is 0 Å². The quantitative estimate of drug-likeness (QED) is 0.810. The van der Waals surface area contributed by atoms with E-state index in [0.29, 0.717) is 6.42 Å². The molecule has 0 bridgehead atoms. The smallest absolute Gasteiger partial charge is 0.242 e. The summed E-state index contributed by atoms with van der Waals surface area (Å²) < 4.78 is 26.7. The lowest BCUT2D eigenvalue weighted by molar-refractivity contribution is 0.581. The predicted octanol–water partition coefficient (Wildman–Crippen LogP) is 2.55. The molecule has 2 rings (SSSR count). The van der Waals surface area contributed by atoms with Crippen molar-refractivity contribution in [2.45, 2.75) is 11.3 Å². The van der Waals surface area contributed by atoms with Gasteiger partial charge >= 0.3 is 0 Å². The van der Waals surface area contributed by atoms with Crippen LogP contribution in [0.3, 0.4) is 0 Å². The van der Waals surface area contributed by atoms with Crippen molar-refractivity contribution >= 4 is 50.2 Å². The topological polar surface area (TPSA) is 85.1 Å². The molecule has 0 radical (unpaired) electrons. The van der Waals surface area contributed by atoms with Crippen LogP contribution in [0.4, 0.5) is 5.69 Å². The molecule has 0 amide bonds. The monoisotopic (exact) mass is 351 g/mol. The first-order valence-electron chi connectivity index (χ1n) is 5.53. The van der Waals surface area contributed by atoms with E-state index in [9.17, 15) is 8.42 Å². The molecule has 0 unspecified atom stereocenters. The van der Waals surface area contributed by atoms with Crippen molar-refractivity contribution in [2.24, 2.45) is 0 Å².